The third-order valence-electron chi connectivity index (χ3n) is 2.53. The van der Waals surface area contributed by atoms with Gasteiger partial charge in [0.15, 0.2) is 0 Å². The normalized spacial score (nSPS) is 14.5. The van der Waals surface area contributed by atoms with Gasteiger partial charge in [-0.2, -0.15) is 0 Å². The van der Waals surface area contributed by atoms with Gasteiger partial charge in [-0.1, -0.05) is 27.2 Å². The highest BCUT2D eigenvalue weighted by molar-refractivity contribution is 7.89. The zero-order valence-corrected chi connectivity index (χ0v) is 11.1. The second-order valence-corrected chi connectivity index (χ2v) is 6.16. The van der Waals surface area contributed by atoms with E-state index in [1.165, 1.54) is 4.31 Å². The van der Waals surface area contributed by atoms with Gasteiger partial charge >= 0.3 is 0 Å². The van der Waals surface area contributed by atoms with E-state index in [-0.39, 0.29) is 5.75 Å². The van der Waals surface area contributed by atoms with E-state index in [9.17, 15) is 8.42 Å². The van der Waals surface area contributed by atoms with Crippen LogP contribution < -0.4 is 5.32 Å². The van der Waals surface area contributed by atoms with Gasteiger partial charge in [-0.05, 0) is 12.5 Å². The van der Waals surface area contributed by atoms with E-state index < -0.39 is 10.0 Å². The SMILES string of the molecule is CCNCCS(=O)(=O)N(C)CC(C)CC. The first-order valence-corrected chi connectivity index (χ1v) is 7.19. The number of hydrogen-bond donors (Lipinski definition) is 1. The molecule has 1 unspecified atom stereocenters. The summed E-state index contributed by atoms with van der Waals surface area (Å²) in [6, 6.07) is 0. The summed E-state index contributed by atoms with van der Waals surface area (Å²) < 4.78 is 25.0. The first-order chi connectivity index (χ1) is 6.94. The summed E-state index contributed by atoms with van der Waals surface area (Å²) in [6.07, 6.45) is 1.01. The van der Waals surface area contributed by atoms with E-state index in [1.807, 2.05) is 6.92 Å². The van der Waals surface area contributed by atoms with E-state index in [0.29, 0.717) is 19.0 Å². The highest BCUT2D eigenvalue weighted by Crippen LogP contribution is 2.06. The van der Waals surface area contributed by atoms with Crippen molar-refractivity contribution in [1.82, 2.24) is 9.62 Å². The summed E-state index contributed by atoms with van der Waals surface area (Å²) >= 11 is 0. The van der Waals surface area contributed by atoms with Crippen molar-refractivity contribution in [2.45, 2.75) is 27.2 Å². The van der Waals surface area contributed by atoms with Crippen LogP contribution in [0.1, 0.15) is 27.2 Å². The van der Waals surface area contributed by atoms with Crippen molar-refractivity contribution in [1.29, 1.82) is 0 Å². The summed E-state index contributed by atoms with van der Waals surface area (Å²) in [5, 5.41) is 3.02. The Morgan fingerprint density at radius 1 is 1.33 bits per heavy atom. The van der Waals surface area contributed by atoms with Gasteiger partial charge in [0, 0.05) is 20.1 Å². The molecule has 5 heteroatoms. The molecule has 0 rings (SSSR count). The lowest BCUT2D eigenvalue weighted by molar-refractivity contribution is 0.393. The van der Waals surface area contributed by atoms with Crippen LogP contribution in [0.15, 0.2) is 0 Å². The fraction of sp³-hybridized carbons (Fsp3) is 1.00. The Labute approximate surface area is 94.1 Å². The molecule has 1 atom stereocenters. The Balaban J connectivity index is 4.08. The minimum Gasteiger partial charge on any atom is -0.316 e. The maximum Gasteiger partial charge on any atom is 0.215 e. The molecule has 4 nitrogen and oxygen atoms in total. The zero-order chi connectivity index (χ0) is 11.9. The van der Waals surface area contributed by atoms with Crippen molar-refractivity contribution < 1.29 is 8.42 Å². The molecule has 0 aliphatic carbocycles. The van der Waals surface area contributed by atoms with Crippen LogP contribution in [-0.4, -0.2) is 45.2 Å². The van der Waals surface area contributed by atoms with Crippen molar-refractivity contribution in [3.05, 3.63) is 0 Å². The average Bonchev–Trinajstić information content (AvgIpc) is 2.17. The lowest BCUT2D eigenvalue weighted by Gasteiger charge is -2.20. The van der Waals surface area contributed by atoms with Crippen molar-refractivity contribution in [3.8, 4) is 0 Å². The van der Waals surface area contributed by atoms with Gasteiger partial charge in [0.05, 0.1) is 5.75 Å². The number of hydrogen-bond acceptors (Lipinski definition) is 3. The largest absolute Gasteiger partial charge is 0.316 e. The molecule has 0 radical (unpaired) electrons. The van der Waals surface area contributed by atoms with E-state index in [0.717, 1.165) is 13.0 Å². The summed E-state index contributed by atoms with van der Waals surface area (Å²) in [7, 11) is -1.41. The van der Waals surface area contributed by atoms with Crippen molar-refractivity contribution >= 4 is 10.0 Å². The summed E-state index contributed by atoms with van der Waals surface area (Å²) in [6.45, 7) is 8.06. The molecule has 0 fully saturated rings. The Morgan fingerprint density at radius 3 is 2.40 bits per heavy atom. The first-order valence-electron chi connectivity index (χ1n) is 5.58. The van der Waals surface area contributed by atoms with Crippen molar-refractivity contribution in [2.24, 2.45) is 5.92 Å². The highest BCUT2D eigenvalue weighted by atomic mass is 32.2. The van der Waals surface area contributed by atoms with E-state index in [2.05, 4.69) is 19.2 Å². The minimum atomic E-state index is -3.07. The predicted molar refractivity (Wildman–Crippen MR) is 64.4 cm³/mol. The molecule has 0 aromatic heterocycles. The Kier molecular flexibility index (Phi) is 7.13. The van der Waals surface area contributed by atoms with Crippen LogP contribution in [0.5, 0.6) is 0 Å². The fourth-order valence-corrected chi connectivity index (χ4v) is 2.41. The average molecular weight is 236 g/mol. The molecule has 0 bridgehead atoms. The molecule has 0 aliphatic heterocycles. The van der Waals surface area contributed by atoms with Crippen LogP contribution in [-0.2, 0) is 10.0 Å². The van der Waals surface area contributed by atoms with Gasteiger partial charge in [-0.15, -0.1) is 0 Å². The fourth-order valence-electron chi connectivity index (χ4n) is 1.22. The molecule has 0 spiro atoms. The van der Waals surface area contributed by atoms with Gasteiger partial charge in [-0.3, -0.25) is 0 Å². The van der Waals surface area contributed by atoms with E-state index in [4.69, 9.17) is 0 Å². The second kappa shape index (κ2) is 7.19. The molecule has 0 aliphatic rings. The van der Waals surface area contributed by atoms with Gasteiger partial charge in [0.25, 0.3) is 0 Å². The molecule has 15 heavy (non-hydrogen) atoms. The summed E-state index contributed by atoms with van der Waals surface area (Å²) in [4.78, 5) is 0. The molecular weight excluding hydrogens is 212 g/mol. The Hall–Kier alpha value is -0.130. The third-order valence-corrected chi connectivity index (χ3v) is 4.35. The number of sulfonamides is 1. The maximum atomic E-state index is 11.7. The molecule has 0 aromatic carbocycles. The van der Waals surface area contributed by atoms with Crippen LogP contribution in [0.25, 0.3) is 0 Å². The number of rotatable bonds is 8. The molecule has 1 N–H and O–H groups in total. The molecule has 0 amide bonds. The van der Waals surface area contributed by atoms with Crippen LogP contribution in [0, 0.1) is 5.92 Å². The Bertz CT molecular complexity index is 252. The molecule has 0 saturated carbocycles. The van der Waals surface area contributed by atoms with E-state index in [1.54, 1.807) is 7.05 Å². The third kappa shape index (κ3) is 6.12. The lowest BCUT2D eigenvalue weighted by Crippen LogP contribution is -2.36. The molecule has 0 aromatic rings. The van der Waals surface area contributed by atoms with Crippen molar-refractivity contribution in [2.75, 3.05) is 32.4 Å². The van der Waals surface area contributed by atoms with Gasteiger partial charge in [0.1, 0.15) is 0 Å². The minimum absolute atomic E-state index is 0.188. The molecule has 0 heterocycles. The zero-order valence-electron chi connectivity index (χ0n) is 10.3. The van der Waals surface area contributed by atoms with Crippen molar-refractivity contribution in [3.63, 3.8) is 0 Å². The second-order valence-electron chi connectivity index (χ2n) is 3.96. The van der Waals surface area contributed by atoms with Crippen LogP contribution in [0.2, 0.25) is 0 Å². The molecule has 0 saturated heterocycles. The first kappa shape index (κ1) is 14.9. The maximum absolute atomic E-state index is 11.7. The summed E-state index contributed by atoms with van der Waals surface area (Å²) in [5.74, 6) is 0.609. The highest BCUT2D eigenvalue weighted by Gasteiger charge is 2.18. The smallest absolute Gasteiger partial charge is 0.215 e. The summed E-state index contributed by atoms with van der Waals surface area (Å²) in [5.41, 5.74) is 0. The van der Waals surface area contributed by atoms with E-state index >= 15 is 0 Å². The van der Waals surface area contributed by atoms with Gasteiger partial charge < -0.3 is 5.32 Å². The topological polar surface area (TPSA) is 49.4 Å². The number of nitrogens with one attached hydrogen (secondary N) is 1. The van der Waals surface area contributed by atoms with Gasteiger partial charge in [0.2, 0.25) is 10.0 Å². The monoisotopic (exact) mass is 236 g/mol. The standard InChI is InChI=1S/C10H24N2O2S/c1-5-10(3)9-12(4)15(13,14)8-7-11-6-2/h10-11H,5-9H2,1-4H3. The number of nitrogens with zero attached hydrogens (tertiary/aromatic N) is 1. The van der Waals surface area contributed by atoms with Crippen LogP contribution >= 0.6 is 0 Å². The Morgan fingerprint density at radius 2 is 1.93 bits per heavy atom. The molecular formula is C10H24N2O2S. The van der Waals surface area contributed by atoms with Crippen LogP contribution in [0.3, 0.4) is 0 Å². The van der Waals surface area contributed by atoms with Gasteiger partial charge in [-0.25, -0.2) is 12.7 Å². The molecule has 92 valence electrons. The van der Waals surface area contributed by atoms with Crippen LogP contribution in [0.4, 0.5) is 0 Å². The quantitative estimate of drug-likeness (QED) is 0.637. The predicted octanol–water partition coefficient (Wildman–Crippen LogP) is 0.904. The lowest BCUT2D eigenvalue weighted by atomic mass is 10.1.